The summed E-state index contributed by atoms with van der Waals surface area (Å²) in [7, 11) is -2.01. The summed E-state index contributed by atoms with van der Waals surface area (Å²) < 4.78 is 27.4. The summed E-state index contributed by atoms with van der Waals surface area (Å²) in [6.07, 6.45) is 3.12. The van der Waals surface area contributed by atoms with Gasteiger partial charge in [-0.25, -0.2) is 8.42 Å². The highest BCUT2D eigenvalue weighted by Crippen LogP contribution is 2.25. The largest absolute Gasteiger partial charge is 0.355 e. The third-order valence-corrected chi connectivity index (χ3v) is 7.96. The lowest BCUT2D eigenvalue weighted by Gasteiger charge is -2.25. The Hall–Kier alpha value is -2.48. The fourth-order valence-electron chi connectivity index (χ4n) is 3.89. The average molecular weight is 456 g/mol. The van der Waals surface area contributed by atoms with Crippen LogP contribution >= 0.6 is 0 Å². The van der Waals surface area contributed by atoms with Gasteiger partial charge in [0, 0.05) is 32.3 Å². The average Bonchev–Trinajstić information content (AvgIpc) is 2.84. The van der Waals surface area contributed by atoms with Crippen LogP contribution in [0.5, 0.6) is 0 Å². The van der Waals surface area contributed by atoms with E-state index in [9.17, 15) is 13.2 Å². The summed E-state index contributed by atoms with van der Waals surface area (Å²) in [5, 5.41) is 2.58. The zero-order valence-corrected chi connectivity index (χ0v) is 20.0. The van der Waals surface area contributed by atoms with Crippen LogP contribution in [-0.4, -0.2) is 63.3 Å². The van der Waals surface area contributed by atoms with Crippen LogP contribution in [0.25, 0.3) is 11.1 Å². The lowest BCUT2D eigenvalue weighted by atomic mass is 10.0. The predicted molar refractivity (Wildman–Crippen MR) is 129 cm³/mol. The Kier molecular flexibility index (Phi) is 8.23. The van der Waals surface area contributed by atoms with Crippen LogP contribution in [0.1, 0.15) is 25.8 Å². The summed E-state index contributed by atoms with van der Waals surface area (Å²) in [6.45, 7) is 8.05. The van der Waals surface area contributed by atoms with Gasteiger partial charge in [0.15, 0.2) is 0 Å². The molecule has 32 heavy (non-hydrogen) atoms. The second-order valence-electron chi connectivity index (χ2n) is 7.92. The number of carbonyl (C=O) groups is 1. The van der Waals surface area contributed by atoms with Crippen molar-refractivity contribution in [2.75, 3.05) is 39.8 Å². The molecule has 0 saturated carbocycles. The molecule has 1 amide bonds. The van der Waals surface area contributed by atoms with E-state index in [0.29, 0.717) is 18.5 Å². The molecule has 2 aromatic rings. The van der Waals surface area contributed by atoms with Crippen LogP contribution < -0.4 is 5.32 Å². The van der Waals surface area contributed by atoms with E-state index in [1.54, 1.807) is 25.3 Å². The Labute approximate surface area is 192 Å². The highest BCUT2D eigenvalue weighted by Gasteiger charge is 2.27. The molecule has 0 aliphatic carbocycles. The van der Waals surface area contributed by atoms with Crippen LogP contribution in [0, 0.1) is 0 Å². The molecule has 1 aliphatic heterocycles. The first-order valence-corrected chi connectivity index (χ1v) is 12.7. The zero-order valence-electron chi connectivity index (χ0n) is 19.2. The van der Waals surface area contributed by atoms with Crippen molar-refractivity contribution >= 4 is 15.9 Å². The fourth-order valence-corrected chi connectivity index (χ4v) is 5.28. The molecule has 1 heterocycles. The first-order valence-electron chi connectivity index (χ1n) is 11.2. The van der Waals surface area contributed by atoms with Crippen LogP contribution in [0.4, 0.5) is 0 Å². The van der Waals surface area contributed by atoms with Gasteiger partial charge in [0.05, 0.1) is 4.90 Å². The van der Waals surface area contributed by atoms with Gasteiger partial charge in [-0.15, -0.1) is 0 Å². The SMILES string of the molecule is CCN(CC)CCc1ccc(-c2ccc(S(=O)(=O)N3CC=C(C(=O)NC)CC3)cc2)cc1. The molecule has 0 bridgehead atoms. The summed E-state index contributed by atoms with van der Waals surface area (Å²) in [4.78, 5) is 14.4. The van der Waals surface area contributed by atoms with Gasteiger partial charge in [0.1, 0.15) is 0 Å². The van der Waals surface area contributed by atoms with E-state index in [1.165, 1.54) is 9.87 Å². The number of amides is 1. The monoisotopic (exact) mass is 455 g/mol. The minimum atomic E-state index is -3.59. The van der Waals surface area contributed by atoms with Crippen molar-refractivity contribution in [2.24, 2.45) is 0 Å². The lowest BCUT2D eigenvalue weighted by Crippen LogP contribution is -2.37. The summed E-state index contributed by atoms with van der Waals surface area (Å²) >= 11 is 0. The summed E-state index contributed by atoms with van der Waals surface area (Å²) in [5.74, 6) is -0.148. The standard InChI is InChI=1S/C25H33N3O3S/c1-4-27(5-2)17-14-20-6-8-21(9-7-20)22-10-12-24(13-11-22)32(30,31)28-18-15-23(16-19-28)25(29)26-3/h6-13,15H,4-5,14,16-19H2,1-3H3,(H,26,29). The molecular formula is C25H33N3O3S. The van der Waals surface area contributed by atoms with Gasteiger partial charge in [0.2, 0.25) is 15.9 Å². The molecule has 0 spiro atoms. The Morgan fingerprint density at radius 2 is 1.59 bits per heavy atom. The number of sulfonamides is 1. The molecule has 0 atom stereocenters. The maximum absolute atomic E-state index is 13.0. The van der Waals surface area contributed by atoms with Gasteiger partial charge in [-0.05, 0) is 54.8 Å². The van der Waals surface area contributed by atoms with Crippen molar-refractivity contribution < 1.29 is 13.2 Å². The maximum atomic E-state index is 13.0. The second kappa shape index (κ2) is 10.9. The van der Waals surface area contributed by atoms with Crippen molar-refractivity contribution in [1.29, 1.82) is 0 Å². The quantitative estimate of drug-likeness (QED) is 0.630. The number of hydrogen-bond donors (Lipinski definition) is 1. The van der Waals surface area contributed by atoms with Crippen molar-refractivity contribution in [1.82, 2.24) is 14.5 Å². The van der Waals surface area contributed by atoms with Crippen molar-refractivity contribution in [3.05, 3.63) is 65.7 Å². The topological polar surface area (TPSA) is 69.7 Å². The van der Waals surface area contributed by atoms with Gasteiger partial charge in [-0.1, -0.05) is 56.3 Å². The minimum absolute atomic E-state index is 0.148. The van der Waals surface area contributed by atoms with Crippen molar-refractivity contribution in [2.45, 2.75) is 31.6 Å². The smallest absolute Gasteiger partial charge is 0.246 e. The van der Waals surface area contributed by atoms with E-state index in [2.05, 4.69) is 48.3 Å². The third-order valence-electron chi connectivity index (χ3n) is 6.08. The summed E-state index contributed by atoms with van der Waals surface area (Å²) in [5.41, 5.74) is 3.99. The van der Waals surface area contributed by atoms with Crippen molar-refractivity contribution in [3.8, 4) is 11.1 Å². The number of benzene rings is 2. The van der Waals surface area contributed by atoms with Gasteiger partial charge in [-0.3, -0.25) is 4.79 Å². The first-order chi connectivity index (χ1) is 15.4. The minimum Gasteiger partial charge on any atom is -0.355 e. The van der Waals surface area contributed by atoms with Crippen molar-refractivity contribution in [3.63, 3.8) is 0 Å². The second-order valence-corrected chi connectivity index (χ2v) is 9.86. The molecule has 1 aliphatic rings. The van der Waals surface area contributed by atoms with E-state index in [0.717, 1.165) is 37.2 Å². The van der Waals surface area contributed by atoms with Crippen LogP contribution in [-0.2, 0) is 21.2 Å². The molecule has 0 aromatic heterocycles. The Morgan fingerprint density at radius 1 is 1.00 bits per heavy atom. The van der Waals surface area contributed by atoms with Crippen LogP contribution in [0.3, 0.4) is 0 Å². The molecule has 2 aromatic carbocycles. The molecule has 3 rings (SSSR count). The number of carbonyl (C=O) groups excluding carboxylic acids is 1. The molecular weight excluding hydrogens is 422 g/mol. The molecule has 0 radical (unpaired) electrons. The predicted octanol–water partition coefficient (Wildman–Crippen LogP) is 3.30. The molecule has 0 saturated heterocycles. The van der Waals surface area contributed by atoms with E-state index < -0.39 is 10.0 Å². The van der Waals surface area contributed by atoms with Crippen LogP contribution in [0.15, 0.2) is 65.1 Å². The number of rotatable bonds is 9. The zero-order chi connectivity index (χ0) is 23.1. The molecule has 0 fully saturated rings. The maximum Gasteiger partial charge on any atom is 0.246 e. The molecule has 6 nitrogen and oxygen atoms in total. The van der Waals surface area contributed by atoms with E-state index >= 15 is 0 Å². The van der Waals surface area contributed by atoms with Gasteiger partial charge in [0.25, 0.3) is 0 Å². The van der Waals surface area contributed by atoms with Gasteiger partial charge >= 0.3 is 0 Å². The number of nitrogens with one attached hydrogen (secondary N) is 1. The molecule has 172 valence electrons. The summed E-state index contributed by atoms with van der Waals surface area (Å²) in [6, 6.07) is 15.5. The third kappa shape index (κ3) is 5.65. The lowest BCUT2D eigenvalue weighted by molar-refractivity contribution is -0.117. The number of likely N-dealkylation sites (N-methyl/N-ethyl adjacent to an activating group) is 2. The van der Waals surface area contributed by atoms with E-state index in [-0.39, 0.29) is 17.3 Å². The van der Waals surface area contributed by atoms with Gasteiger partial charge < -0.3 is 10.2 Å². The van der Waals surface area contributed by atoms with Gasteiger partial charge in [-0.2, -0.15) is 4.31 Å². The fraction of sp³-hybridized carbons (Fsp3) is 0.400. The Bertz CT molecular complexity index is 1040. The normalized spacial score (nSPS) is 14.9. The number of hydrogen-bond acceptors (Lipinski definition) is 4. The molecule has 7 heteroatoms. The molecule has 1 N–H and O–H groups in total. The molecule has 0 unspecified atom stereocenters. The first kappa shape index (κ1) is 24.2. The number of nitrogens with zero attached hydrogens (tertiary/aromatic N) is 2. The Balaban J connectivity index is 1.67. The highest BCUT2D eigenvalue weighted by atomic mass is 32.2. The highest BCUT2D eigenvalue weighted by molar-refractivity contribution is 7.89. The van der Waals surface area contributed by atoms with E-state index in [1.807, 2.05) is 12.1 Å². The Morgan fingerprint density at radius 3 is 2.09 bits per heavy atom. The van der Waals surface area contributed by atoms with E-state index in [4.69, 9.17) is 0 Å². The van der Waals surface area contributed by atoms with Crippen LogP contribution in [0.2, 0.25) is 0 Å².